The number of nitrogens with one attached hydrogen (secondary N) is 2. The molecular weight excluding hydrogens is 330 g/mol. The topological polar surface area (TPSA) is 127 Å². The van der Waals surface area contributed by atoms with Gasteiger partial charge in [0.05, 0.1) is 11.9 Å². The van der Waals surface area contributed by atoms with Crippen LogP contribution in [0.25, 0.3) is 0 Å². The maximum absolute atomic E-state index is 5.89. The predicted octanol–water partition coefficient (Wildman–Crippen LogP) is 0.423. The van der Waals surface area contributed by atoms with Crippen LogP contribution < -0.4 is 28.1 Å². The molecule has 1 aromatic carbocycles. The lowest BCUT2D eigenvalue weighted by atomic mass is 10.0. The monoisotopic (exact) mass is 349 g/mol. The van der Waals surface area contributed by atoms with Gasteiger partial charge in [-0.2, -0.15) is 10.2 Å². The summed E-state index contributed by atoms with van der Waals surface area (Å²) >= 11 is 9.40. The fraction of sp³-hybridized carbons (Fsp3) is 0.143. The largest absolute Gasteiger partial charge is 0.375 e. The van der Waals surface area contributed by atoms with Gasteiger partial charge in [-0.25, -0.2) is 0 Å². The van der Waals surface area contributed by atoms with Crippen molar-refractivity contribution < 1.29 is 0 Å². The number of nitrogens with two attached hydrogens (primary N) is 3. The highest BCUT2D eigenvalue weighted by atomic mass is 32.1. The molecule has 9 heteroatoms. The molecule has 0 radical (unpaired) electrons. The molecule has 0 bridgehead atoms. The maximum Gasteiger partial charge on any atom is 0.184 e. The molecule has 0 amide bonds. The quantitative estimate of drug-likeness (QED) is 0.209. The Hall–Kier alpha value is -2.36. The van der Waals surface area contributed by atoms with Crippen LogP contribution >= 0.6 is 24.4 Å². The van der Waals surface area contributed by atoms with Gasteiger partial charge in [-0.1, -0.05) is 30.3 Å². The molecule has 0 saturated carbocycles. The molecule has 0 saturated heterocycles. The fourth-order valence-electron chi connectivity index (χ4n) is 1.61. The van der Waals surface area contributed by atoms with Gasteiger partial charge in [0.1, 0.15) is 0 Å². The average molecular weight is 349 g/mol. The lowest BCUT2D eigenvalue weighted by Crippen LogP contribution is -2.27. The van der Waals surface area contributed by atoms with Gasteiger partial charge in [-0.3, -0.25) is 10.9 Å². The molecule has 1 unspecified atom stereocenters. The van der Waals surface area contributed by atoms with E-state index < -0.39 is 0 Å². The molecule has 1 rings (SSSR count). The number of thiocarbonyl (C=S) groups is 2. The minimum absolute atomic E-state index is 0.0607. The van der Waals surface area contributed by atoms with E-state index in [0.717, 1.165) is 11.1 Å². The summed E-state index contributed by atoms with van der Waals surface area (Å²) < 4.78 is 0. The van der Waals surface area contributed by atoms with Crippen molar-refractivity contribution in [1.82, 2.24) is 10.9 Å². The zero-order valence-electron chi connectivity index (χ0n) is 12.4. The highest BCUT2D eigenvalue weighted by Gasteiger charge is 2.04. The van der Waals surface area contributed by atoms with E-state index >= 15 is 0 Å². The number of hydrogen-bond acceptors (Lipinski definition) is 5. The second kappa shape index (κ2) is 9.62. The summed E-state index contributed by atoms with van der Waals surface area (Å²) in [6.07, 6.45) is 3.66. The summed E-state index contributed by atoms with van der Waals surface area (Å²) in [5.74, 6) is 0. The van der Waals surface area contributed by atoms with Crippen molar-refractivity contribution in [3.8, 4) is 0 Å². The van der Waals surface area contributed by atoms with Crippen LogP contribution in [0.5, 0.6) is 0 Å². The molecule has 0 aromatic heterocycles. The minimum Gasteiger partial charge on any atom is -0.375 e. The number of benzene rings is 1. The van der Waals surface area contributed by atoms with E-state index in [1.165, 1.54) is 6.21 Å². The number of hydrogen-bond donors (Lipinski definition) is 5. The smallest absolute Gasteiger partial charge is 0.184 e. The van der Waals surface area contributed by atoms with E-state index in [-0.39, 0.29) is 16.3 Å². The molecule has 23 heavy (non-hydrogen) atoms. The fourth-order valence-corrected chi connectivity index (χ4v) is 1.71. The Bertz CT molecular complexity index is 623. The van der Waals surface area contributed by atoms with Crippen molar-refractivity contribution in [3.05, 3.63) is 48.0 Å². The van der Waals surface area contributed by atoms with Gasteiger partial charge in [-0.05, 0) is 35.6 Å². The Morgan fingerprint density at radius 2 is 1.78 bits per heavy atom. The van der Waals surface area contributed by atoms with Gasteiger partial charge in [0, 0.05) is 12.5 Å². The number of nitrogens with zero attached hydrogens (tertiary/aromatic N) is 2. The highest BCUT2D eigenvalue weighted by Crippen LogP contribution is 2.12. The van der Waals surface area contributed by atoms with Crippen LogP contribution in [-0.4, -0.2) is 22.2 Å². The van der Waals surface area contributed by atoms with E-state index in [1.54, 1.807) is 6.08 Å². The van der Waals surface area contributed by atoms with Crippen molar-refractivity contribution in [3.63, 3.8) is 0 Å². The first-order valence-corrected chi connectivity index (χ1v) is 7.41. The van der Waals surface area contributed by atoms with Crippen molar-refractivity contribution in [1.29, 1.82) is 0 Å². The second-order valence-corrected chi connectivity index (χ2v) is 5.37. The summed E-state index contributed by atoms with van der Waals surface area (Å²) in [7, 11) is 0. The van der Waals surface area contributed by atoms with Crippen LogP contribution in [0.3, 0.4) is 0 Å². The van der Waals surface area contributed by atoms with Crippen molar-refractivity contribution in [2.24, 2.45) is 27.4 Å². The summed E-state index contributed by atoms with van der Waals surface area (Å²) in [5, 5.41) is 8.07. The van der Waals surface area contributed by atoms with Crippen LogP contribution in [-0.2, 0) is 6.42 Å². The van der Waals surface area contributed by atoms with E-state index in [1.807, 2.05) is 24.3 Å². The van der Waals surface area contributed by atoms with Crippen molar-refractivity contribution >= 4 is 46.6 Å². The molecule has 8 N–H and O–H groups in total. The van der Waals surface area contributed by atoms with Gasteiger partial charge in [0.15, 0.2) is 10.2 Å². The van der Waals surface area contributed by atoms with Gasteiger partial charge < -0.3 is 17.2 Å². The molecule has 0 aliphatic carbocycles. The van der Waals surface area contributed by atoms with Gasteiger partial charge in [0.2, 0.25) is 0 Å². The first kappa shape index (κ1) is 18.7. The Labute approximate surface area is 145 Å². The zero-order valence-corrected chi connectivity index (χ0v) is 14.0. The van der Waals surface area contributed by atoms with E-state index in [2.05, 4.69) is 39.9 Å². The molecule has 1 aromatic rings. The molecular formula is C14H19N7S2. The van der Waals surface area contributed by atoms with Gasteiger partial charge in [0.25, 0.3) is 0 Å². The van der Waals surface area contributed by atoms with E-state index in [4.69, 9.17) is 29.4 Å². The van der Waals surface area contributed by atoms with Crippen LogP contribution in [0, 0.1) is 0 Å². The Kier molecular flexibility index (Phi) is 7.81. The third kappa shape index (κ3) is 7.45. The standard InChI is InChI=1S/C14H19N7S2/c1-2-12(15)10-5-3-9(4-6-10)7-11(19-21-14(17)23)8-18-20-13(16)22/h2-6,8,12H,1,7,15H2,(H3,16,20,22)(H3,17,21,23). The molecule has 0 spiro atoms. The average Bonchev–Trinajstić information content (AvgIpc) is 2.52. The van der Waals surface area contributed by atoms with Crippen LogP contribution in [0.1, 0.15) is 17.2 Å². The van der Waals surface area contributed by atoms with Gasteiger partial charge >= 0.3 is 0 Å². The molecule has 0 aliphatic rings. The van der Waals surface area contributed by atoms with Gasteiger partial charge in [-0.15, -0.1) is 6.58 Å². The molecule has 0 fully saturated rings. The van der Waals surface area contributed by atoms with E-state index in [9.17, 15) is 0 Å². The zero-order chi connectivity index (χ0) is 17.2. The first-order valence-electron chi connectivity index (χ1n) is 6.60. The Balaban J connectivity index is 2.85. The lowest BCUT2D eigenvalue weighted by molar-refractivity contribution is 0.913. The minimum atomic E-state index is -0.190. The normalized spacial score (nSPS) is 12.7. The number of hydrazone groups is 2. The predicted molar refractivity (Wildman–Crippen MR) is 103 cm³/mol. The second-order valence-electron chi connectivity index (χ2n) is 4.49. The van der Waals surface area contributed by atoms with Crippen LogP contribution in [0.15, 0.2) is 47.1 Å². The molecule has 0 aliphatic heterocycles. The highest BCUT2D eigenvalue weighted by molar-refractivity contribution is 7.80. The summed E-state index contributed by atoms with van der Waals surface area (Å²) in [6, 6.07) is 7.58. The first-order chi connectivity index (χ1) is 10.9. The maximum atomic E-state index is 5.89. The summed E-state index contributed by atoms with van der Waals surface area (Å²) in [5.41, 5.74) is 24.1. The summed E-state index contributed by atoms with van der Waals surface area (Å²) in [6.45, 7) is 3.68. The van der Waals surface area contributed by atoms with E-state index in [0.29, 0.717) is 12.1 Å². The van der Waals surface area contributed by atoms with Crippen molar-refractivity contribution in [2.45, 2.75) is 12.5 Å². The third-order valence-corrected chi connectivity index (χ3v) is 2.88. The lowest BCUT2D eigenvalue weighted by Gasteiger charge is -2.08. The molecule has 122 valence electrons. The molecule has 1 atom stereocenters. The SMILES string of the molecule is C=CC(N)c1ccc(CC(C=NNC(N)=S)=NNC(N)=S)cc1. The molecule has 0 heterocycles. The Morgan fingerprint density at radius 1 is 1.17 bits per heavy atom. The summed E-state index contributed by atoms with van der Waals surface area (Å²) in [4.78, 5) is 0. The van der Waals surface area contributed by atoms with Crippen LogP contribution in [0.2, 0.25) is 0 Å². The van der Waals surface area contributed by atoms with Crippen molar-refractivity contribution in [2.75, 3.05) is 0 Å². The van der Waals surface area contributed by atoms with Crippen LogP contribution in [0.4, 0.5) is 0 Å². The Morgan fingerprint density at radius 3 is 2.30 bits per heavy atom. The third-order valence-electron chi connectivity index (χ3n) is 2.70. The number of rotatable bonds is 7. The molecule has 7 nitrogen and oxygen atoms in total.